The van der Waals surface area contributed by atoms with Crippen molar-refractivity contribution in [2.45, 2.75) is 20.0 Å². The highest BCUT2D eigenvalue weighted by atomic mass is 15.1. The predicted octanol–water partition coefficient (Wildman–Crippen LogP) is 5.20. The van der Waals surface area contributed by atoms with Crippen molar-refractivity contribution in [3.05, 3.63) is 102 Å². The molecule has 0 atom stereocenters. The molecule has 1 heteroatoms. The molecule has 0 fully saturated rings. The first-order valence-corrected chi connectivity index (χ1v) is 7.71. The van der Waals surface area contributed by atoms with E-state index in [9.17, 15) is 0 Å². The molecule has 0 N–H and O–H groups in total. The van der Waals surface area contributed by atoms with Crippen LogP contribution in [0, 0.1) is 6.92 Å². The Hall–Kier alpha value is -2.54. The molecule has 0 aliphatic heterocycles. The molecule has 0 aliphatic rings. The summed E-state index contributed by atoms with van der Waals surface area (Å²) in [6, 6.07) is 30.0. The SMILES string of the molecule is Cc1cccc(N(Cc2ccccc2)Cc2ccccc2)c1. The van der Waals surface area contributed by atoms with E-state index in [1.807, 2.05) is 0 Å². The van der Waals surface area contributed by atoms with Crippen LogP contribution in [0.4, 0.5) is 5.69 Å². The third-order valence-corrected chi connectivity index (χ3v) is 3.80. The highest BCUT2D eigenvalue weighted by molar-refractivity contribution is 5.49. The zero-order chi connectivity index (χ0) is 15.2. The first kappa shape index (κ1) is 14.4. The maximum absolute atomic E-state index is 2.43. The van der Waals surface area contributed by atoms with Crippen molar-refractivity contribution in [2.75, 3.05) is 4.90 Å². The van der Waals surface area contributed by atoms with Gasteiger partial charge in [0.15, 0.2) is 0 Å². The molecule has 0 unspecified atom stereocenters. The second-order valence-electron chi connectivity index (χ2n) is 5.67. The zero-order valence-electron chi connectivity index (χ0n) is 12.9. The molecule has 0 radical (unpaired) electrons. The van der Waals surface area contributed by atoms with Crippen molar-refractivity contribution in [2.24, 2.45) is 0 Å². The molecule has 0 saturated carbocycles. The molecular weight excluding hydrogens is 266 g/mol. The first-order chi connectivity index (χ1) is 10.8. The van der Waals surface area contributed by atoms with Crippen LogP contribution in [0.3, 0.4) is 0 Å². The Kier molecular flexibility index (Phi) is 4.55. The minimum Gasteiger partial charge on any atom is -0.363 e. The van der Waals surface area contributed by atoms with Crippen LogP contribution in [0.1, 0.15) is 16.7 Å². The molecule has 22 heavy (non-hydrogen) atoms. The summed E-state index contributed by atoms with van der Waals surface area (Å²) in [4.78, 5) is 2.43. The van der Waals surface area contributed by atoms with Gasteiger partial charge in [-0.15, -0.1) is 0 Å². The lowest BCUT2D eigenvalue weighted by molar-refractivity contribution is 0.799. The van der Waals surface area contributed by atoms with E-state index in [1.54, 1.807) is 0 Å². The fraction of sp³-hybridized carbons (Fsp3) is 0.143. The van der Waals surface area contributed by atoms with Gasteiger partial charge in [0.2, 0.25) is 0 Å². The maximum atomic E-state index is 2.43. The fourth-order valence-electron chi connectivity index (χ4n) is 2.67. The van der Waals surface area contributed by atoms with E-state index >= 15 is 0 Å². The largest absolute Gasteiger partial charge is 0.363 e. The normalized spacial score (nSPS) is 10.4. The Morgan fingerprint density at radius 1 is 0.636 bits per heavy atom. The summed E-state index contributed by atoms with van der Waals surface area (Å²) in [6.45, 7) is 3.98. The topological polar surface area (TPSA) is 3.24 Å². The van der Waals surface area contributed by atoms with Crippen molar-refractivity contribution in [3.8, 4) is 0 Å². The summed E-state index contributed by atoms with van der Waals surface area (Å²) in [5.74, 6) is 0. The van der Waals surface area contributed by atoms with E-state index in [0.717, 1.165) is 13.1 Å². The Bertz CT molecular complexity index is 663. The predicted molar refractivity (Wildman–Crippen MR) is 94.0 cm³/mol. The van der Waals surface area contributed by atoms with Gasteiger partial charge < -0.3 is 4.90 Å². The molecule has 3 aromatic rings. The monoisotopic (exact) mass is 287 g/mol. The first-order valence-electron chi connectivity index (χ1n) is 7.71. The fourth-order valence-corrected chi connectivity index (χ4v) is 2.67. The molecule has 0 spiro atoms. The lowest BCUT2D eigenvalue weighted by Crippen LogP contribution is -2.22. The van der Waals surface area contributed by atoms with Crippen LogP contribution in [0.2, 0.25) is 0 Å². The van der Waals surface area contributed by atoms with Crippen LogP contribution in [-0.4, -0.2) is 0 Å². The van der Waals surface area contributed by atoms with Crippen LogP contribution in [0.15, 0.2) is 84.9 Å². The molecule has 0 aliphatic carbocycles. The Morgan fingerprint density at radius 2 is 1.18 bits per heavy atom. The highest BCUT2D eigenvalue weighted by Crippen LogP contribution is 2.21. The van der Waals surface area contributed by atoms with Crippen LogP contribution >= 0.6 is 0 Å². The molecule has 1 nitrogen and oxygen atoms in total. The van der Waals surface area contributed by atoms with Gasteiger partial charge in [-0.25, -0.2) is 0 Å². The second kappa shape index (κ2) is 6.95. The van der Waals surface area contributed by atoms with E-state index in [1.165, 1.54) is 22.4 Å². The molecule has 0 heterocycles. The zero-order valence-corrected chi connectivity index (χ0v) is 12.9. The number of aryl methyl sites for hydroxylation is 1. The van der Waals surface area contributed by atoms with E-state index in [2.05, 4.69) is 96.8 Å². The maximum Gasteiger partial charge on any atom is 0.0433 e. The van der Waals surface area contributed by atoms with Gasteiger partial charge in [-0.2, -0.15) is 0 Å². The molecule has 0 bridgehead atoms. The van der Waals surface area contributed by atoms with Crippen molar-refractivity contribution in [1.29, 1.82) is 0 Å². The van der Waals surface area contributed by atoms with Gasteiger partial charge in [0, 0.05) is 18.8 Å². The molecule has 3 aromatic carbocycles. The van der Waals surface area contributed by atoms with Crippen molar-refractivity contribution >= 4 is 5.69 Å². The summed E-state index contributed by atoms with van der Waals surface area (Å²) in [5, 5.41) is 0. The summed E-state index contributed by atoms with van der Waals surface area (Å²) in [7, 11) is 0. The molecular formula is C21H21N. The van der Waals surface area contributed by atoms with Crippen molar-refractivity contribution < 1.29 is 0 Å². The van der Waals surface area contributed by atoms with Gasteiger partial charge in [0.25, 0.3) is 0 Å². The van der Waals surface area contributed by atoms with Gasteiger partial charge in [-0.05, 0) is 35.7 Å². The minimum absolute atomic E-state index is 0.916. The van der Waals surface area contributed by atoms with Crippen LogP contribution in [0.5, 0.6) is 0 Å². The number of nitrogens with zero attached hydrogens (tertiary/aromatic N) is 1. The molecule has 110 valence electrons. The molecule has 0 aromatic heterocycles. The number of benzene rings is 3. The lowest BCUT2D eigenvalue weighted by atomic mass is 10.1. The Labute approximate surface area is 132 Å². The van der Waals surface area contributed by atoms with Gasteiger partial charge in [-0.1, -0.05) is 72.8 Å². The Balaban J connectivity index is 1.88. The smallest absolute Gasteiger partial charge is 0.0433 e. The Morgan fingerprint density at radius 3 is 1.68 bits per heavy atom. The average molecular weight is 287 g/mol. The third-order valence-electron chi connectivity index (χ3n) is 3.80. The summed E-state index contributed by atoms with van der Waals surface area (Å²) in [6.07, 6.45) is 0. The number of hydrogen-bond donors (Lipinski definition) is 0. The molecule has 0 amide bonds. The number of anilines is 1. The van der Waals surface area contributed by atoms with Gasteiger partial charge in [-0.3, -0.25) is 0 Å². The summed E-state index contributed by atoms with van der Waals surface area (Å²) >= 11 is 0. The summed E-state index contributed by atoms with van der Waals surface area (Å²) < 4.78 is 0. The highest BCUT2D eigenvalue weighted by Gasteiger charge is 2.08. The molecule has 3 rings (SSSR count). The number of hydrogen-bond acceptors (Lipinski definition) is 1. The van der Waals surface area contributed by atoms with Crippen LogP contribution in [0.25, 0.3) is 0 Å². The standard InChI is InChI=1S/C21H21N/c1-18-9-8-14-21(15-18)22(16-19-10-4-2-5-11-19)17-20-12-6-3-7-13-20/h2-15H,16-17H2,1H3. The average Bonchev–Trinajstić information content (AvgIpc) is 2.56. The minimum atomic E-state index is 0.916. The third kappa shape index (κ3) is 3.76. The van der Waals surface area contributed by atoms with Gasteiger partial charge in [0.1, 0.15) is 0 Å². The molecule has 0 saturated heterocycles. The van der Waals surface area contributed by atoms with Crippen LogP contribution in [-0.2, 0) is 13.1 Å². The van der Waals surface area contributed by atoms with Crippen molar-refractivity contribution in [1.82, 2.24) is 0 Å². The second-order valence-corrected chi connectivity index (χ2v) is 5.67. The van der Waals surface area contributed by atoms with Crippen LogP contribution < -0.4 is 4.90 Å². The van der Waals surface area contributed by atoms with Gasteiger partial charge >= 0.3 is 0 Å². The summed E-state index contributed by atoms with van der Waals surface area (Å²) in [5.41, 5.74) is 5.23. The van der Waals surface area contributed by atoms with E-state index in [4.69, 9.17) is 0 Å². The number of rotatable bonds is 5. The van der Waals surface area contributed by atoms with E-state index in [0.29, 0.717) is 0 Å². The van der Waals surface area contributed by atoms with E-state index in [-0.39, 0.29) is 0 Å². The van der Waals surface area contributed by atoms with Gasteiger partial charge in [0.05, 0.1) is 0 Å². The lowest BCUT2D eigenvalue weighted by Gasteiger charge is -2.25. The van der Waals surface area contributed by atoms with Crippen molar-refractivity contribution in [3.63, 3.8) is 0 Å². The quantitative estimate of drug-likeness (QED) is 0.623. The van der Waals surface area contributed by atoms with E-state index < -0.39 is 0 Å².